The summed E-state index contributed by atoms with van der Waals surface area (Å²) in [7, 11) is 0. The summed E-state index contributed by atoms with van der Waals surface area (Å²) < 4.78 is 0. The van der Waals surface area contributed by atoms with Gasteiger partial charge in [-0.15, -0.1) is 5.92 Å². The van der Waals surface area contributed by atoms with E-state index in [1.165, 1.54) is 0 Å². The summed E-state index contributed by atoms with van der Waals surface area (Å²) in [5.41, 5.74) is 0. The van der Waals surface area contributed by atoms with Gasteiger partial charge < -0.3 is 10.2 Å². The van der Waals surface area contributed by atoms with Crippen molar-refractivity contribution in [1.82, 2.24) is 0 Å². The molecular formula is C5H8O2. The molecule has 0 aliphatic carbocycles. The first-order chi connectivity index (χ1) is 3.31. The summed E-state index contributed by atoms with van der Waals surface area (Å²) in [5.74, 6) is 4.81. The Morgan fingerprint density at radius 2 is 2.29 bits per heavy atom. The van der Waals surface area contributed by atoms with Gasteiger partial charge in [-0.2, -0.15) is 0 Å². The van der Waals surface area contributed by atoms with E-state index in [9.17, 15) is 0 Å². The van der Waals surface area contributed by atoms with Crippen molar-refractivity contribution in [3.8, 4) is 11.8 Å². The van der Waals surface area contributed by atoms with Gasteiger partial charge in [-0.3, -0.25) is 0 Å². The van der Waals surface area contributed by atoms with Gasteiger partial charge in [-0.1, -0.05) is 5.92 Å². The van der Waals surface area contributed by atoms with Gasteiger partial charge in [0.05, 0.1) is 6.61 Å². The SMILES string of the molecule is CC#C[C@@H](O)CO. The van der Waals surface area contributed by atoms with Crippen LogP contribution >= 0.6 is 0 Å². The van der Waals surface area contributed by atoms with Gasteiger partial charge in [0.25, 0.3) is 0 Å². The average Bonchev–Trinajstić information content (AvgIpc) is 1.68. The first-order valence-electron chi connectivity index (χ1n) is 2.02. The molecule has 1 atom stereocenters. The van der Waals surface area contributed by atoms with Gasteiger partial charge in [0.2, 0.25) is 0 Å². The summed E-state index contributed by atoms with van der Waals surface area (Å²) in [4.78, 5) is 0. The van der Waals surface area contributed by atoms with Crippen molar-refractivity contribution in [1.29, 1.82) is 0 Å². The second kappa shape index (κ2) is 3.66. The van der Waals surface area contributed by atoms with Crippen LogP contribution < -0.4 is 0 Å². The Morgan fingerprint density at radius 1 is 1.71 bits per heavy atom. The van der Waals surface area contributed by atoms with Crippen LogP contribution in [0.5, 0.6) is 0 Å². The lowest BCUT2D eigenvalue weighted by Crippen LogP contribution is -2.07. The average molecular weight is 100 g/mol. The molecular weight excluding hydrogens is 92.1 g/mol. The highest BCUT2D eigenvalue weighted by Crippen LogP contribution is 1.72. The second-order valence-electron chi connectivity index (χ2n) is 1.09. The highest BCUT2D eigenvalue weighted by molar-refractivity contribution is 5.01. The summed E-state index contributed by atoms with van der Waals surface area (Å²) in [6.07, 6.45) is -0.856. The lowest BCUT2D eigenvalue weighted by molar-refractivity contribution is 0.138. The highest BCUT2D eigenvalue weighted by Gasteiger charge is 1.89. The van der Waals surface area contributed by atoms with Crippen LogP contribution in [-0.2, 0) is 0 Å². The van der Waals surface area contributed by atoms with Crippen LogP contribution in [0, 0.1) is 11.8 Å². The van der Waals surface area contributed by atoms with Gasteiger partial charge in [-0.05, 0) is 6.92 Å². The zero-order valence-electron chi connectivity index (χ0n) is 4.18. The van der Waals surface area contributed by atoms with Crippen LogP contribution in [0.3, 0.4) is 0 Å². The fourth-order valence-corrected chi connectivity index (χ4v) is 0.212. The third-order valence-corrected chi connectivity index (χ3v) is 0.484. The van der Waals surface area contributed by atoms with E-state index in [2.05, 4.69) is 11.8 Å². The molecule has 0 aromatic rings. The van der Waals surface area contributed by atoms with Gasteiger partial charge >= 0.3 is 0 Å². The number of hydrogen-bond acceptors (Lipinski definition) is 2. The smallest absolute Gasteiger partial charge is 0.137 e. The van der Waals surface area contributed by atoms with E-state index in [-0.39, 0.29) is 6.61 Å². The van der Waals surface area contributed by atoms with E-state index in [1.54, 1.807) is 6.92 Å². The van der Waals surface area contributed by atoms with E-state index < -0.39 is 6.10 Å². The maximum absolute atomic E-state index is 8.43. The minimum absolute atomic E-state index is 0.277. The number of hydrogen-bond donors (Lipinski definition) is 2. The third kappa shape index (κ3) is 3.31. The monoisotopic (exact) mass is 100 g/mol. The van der Waals surface area contributed by atoms with Crippen LogP contribution in [0.4, 0.5) is 0 Å². The van der Waals surface area contributed by atoms with Crippen LogP contribution in [0.25, 0.3) is 0 Å². The number of rotatable bonds is 1. The van der Waals surface area contributed by atoms with Gasteiger partial charge in [-0.25, -0.2) is 0 Å². The van der Waals surface area contributed by atoms with Crippen molar-refractivity contribution in [3.63, 3.8) is 0 Å². The predicted octanol–water partition coefficient (Wildman–Crippen LogP) is -0.637. The Labute approximate surface area is 42.8 Å². The van der Waals surface area contributed by atoms with Gasteiger partial charge in [0.15, 0.2) is 0 Å². The molecule has 2 nitrogen and oxygen atoms in total. The lowest BCUT2D eigenvalue weighted by Gasteiger charge is -1.91. The summed E-state index contributed by atoms with van der Waals surface area (Å²) in [6, 6.07) is 0. The van der Waals surface area contributed by atoms with Crippen molar-refractivity contribution in [3.05, 3.63) is 0 Å². The molecule has 0 aliphatic heterocycles. The molecule has 0 saturated heterocycles. The Morgan fingerprint density at radius 3 is 2.43 bits per heavy atom. The molecule has 2 heteroatoms. The van der Waals surface area contributed by atoms with Crippen molar-refractivity contribution < 1.29 is 10.2 Å². The molecule has 0 spiro atoms. The highest BCUT2D eigenvalue weighted by atomic mass is 16.3. The Kier molecular flexibility index (Phi) is 3.39. The predicted molar refractivity (Wildman–Crippen MR) is 26.5 cm³/mol. The van der Waals surface area contributed by atoms with Crippen LogP contribution in [-0.4, -0.2) is 22.9 Å². The number of aliphatic hydroxyl groups is 2. The summed E-state index contributed by atoms with van der Waals surface area (Å²) >= 11 is 0. The third-order valence-electron chi connectivity index (χ3n) is 0.484. The van der Waals surface area contributed by atoms with E-state index >= 15 is 0 Å². The van der Waals surface area contributed by atoms with E-state index in [4.69, 9.17) is 10.2 Å². The fraction of sp³-hybridized carbons (Fsp3) is 0.600. The molecule has 0 saturated carbocycles. The topological polar surface area (TPSA) is 40.5 Å². The van der Waals surface area contributed by atoms with Gasteiger partial charge in [0, 0.05) is 0 Å². The molecule has 0 aliphatic rings. The second-order valence-corrected chi connectivity index (χ2v) is 1.09. The Hall–Kier alpha value is -0.520. The molecule has 40 valence electrons. The zero-order valence-corrected chi connectivity index (χ0v) is 4.18. The molecule has 0 unspecified atom stereocenters. The molecule has 0 heterocycles. The van der Waals surface area contributed by atoms with Crippen LogP contribution in [0.1, 0.15) is 6.92 Å². The van der Waals surface area contributed by atoms with E-state index in [0.29, 0.717) is 0 Å². The minimum Gasteiger partial charge on any atom is -0.393 e. The minimum atomic E-state index is -0.856. The largest absolute Gasteiger partial charge is 0.393 e. The molecule has 0 radical (unpaired) electrons. The molecule has 2 N–H and O–H groups in total. The molecule has 0 amide bonds. The molecule has 0 aromatic heterocycles. The van der Waals surface area contributed by atoms with Crippen molar-refractivity contribution in [2.24, 2.45) is 0 Å². The standard InChI is InChI=1S/C5H8O2/c1-2-3-5(7)4-6/h5-7H,4H2,1H3/t5-/m1/s1. The molecule has 7 heavy (non-hydrogen) atoms. The fourth-order valence-electron chi connectivity index (χ4n) is 0.212. The summed E-state index contributed by atoms with van der Waals surface area (Å²) in [6.45, 7) is 1.33. The lowest BCUT2D eigenvalue weighted by atomic mass is 10.4. The Bertz CT molecular complexity index is 88.0. The quantitative estimate of drug-likeness (QED) is 0.430. The first kappa shape index (κ1) is 6.48. The summed E-state index contributed by atoms with van der Waals surface area (Å²) in [5, 5.41) is 16.5. The van der Waals surface area contributed by atoms with Crippen LogP contribution in [0.15, 0.2) is 0 Å². The van der Waals surface area contributed by atoms with E-state index in [1.807, 2.05) is 0 Å². The Balaban J connectivity index is 3.29. The van der Waals surface area contributed by atoms with Crippen LogP contribution in [0.2, 0.25) is 0 Å². The molecule has 0 fully saturated rings. The van der Waals surface area contributed by atoms with Crippen molar-refractivity contribution in [2.75, 3.05) is 6.61 Å². The molecule has 0 aromatic carbocycles. The maximum atomic E-state index is 8.43. The van der Waals surface area contributed by atoms with Gasteiger partial charge in [0.1, 0.15) is 6.10 Å². The molecule has 0 rings (SSSR count). The normalized spacial score (nSPS) is 11.9. The molecule has 0 bridgehead atoms. The van der Waals surface area contributed by atoms with Crippen molar-refractivity contribution >= 4 is 0 Å². The first-order valence-corrected chi connectivity index (χ1v) is 2.02. The zero-order chi connectivity index (χ0) is 5.70. The number of aliphatic hydroxyl groups excluding tert-OH is 2. The maximum Gasteiger partial charge on any atom is 0.137 e. The van der Waals surface area contributed by atoms with Crippen molar-refractivity contribution in [2.45, 2.75) is 13.0 Å². The van der Waals surface area contributed by atoms with E-state index in [0.717, 1.165) is 0 Å².